The summed E-state index contributed by atoms with van der Waals surface area (Å²) in [5, 5.41) is 0. The van der Waals surface area contributed by atoms with Crippen LogP contribution in [0.2, 0.25) is 0 Å². The van der Waals surface area contributed by atoms with Crippen molar-refractivity contribution in [2.24, 2.45) is 0 Å². The molecule has 2 heterocycles. The molecule has 1 aliphatic heterocycles. The summed E-state index contributed by atoms with van der Waals surface area (Å²) in [6.07, 6.45) is 15.1. The number of hydrogen-bond acceptors (Lipinski definition) is 5. The number of hydrogen-bond donors (Lipinski definition) is 0. The molecule has 0 N–H and O–H groups in total. The van der Waals surface area contributed by atoms with Gasteiger partial charge in [-0.1, -0.05) is 64.7 Å². The molecule has 0 atom stereocenters. The smallest absolute Gasteiger partial charge is 0.347 e. The summed E-state index contributed by atoms with van der Waals surface area (Å²) in [7, 11) is -3.94. The lowest BCUT2D eigenvalue weighted by Crippen LogP contribution is -2.08. The molecule has 0 bridgehead atoms. The number of nitrogens with zero attached hydrogens (tertiary/aromatic N) is 1. The number of unbranched alkanes of at least 4 members (excludes halogenated alkanes) is 9. The van der Waals surface area contributed by atoms with Crippen LogP contribution in [0.5, 0.6) is 11.6 Å². The Morgan fingerprint density at radius 3 is 2.17 bits per heavy atom. The monoisotopic (exact) mass is 341 g/mol. The zero-order valence-corrected chi connectivity index (χ0v) is 14.7. The van der Waals surface area contributed by atoms with E-state index in [2.05, 4.69) is 16.1 Å². The van der Waals surface area contributed by atoms with Crippen molar-refractivity contribution in [1.29, 1.82) is 0 Å². The molecule has 0 fully saturated rings. The van der Waals surface area contributed by atoms with Crippen molar-refractivity contribution >= 4 is 10.4 Å². The predicted octanol–water partition coefficient (Wildman–Crippen LogP) is 4.56. The van der Waals surface area contributed by atoms with Gasteiger partial charge < -0.3 is 8.37 Å². The van der Waals surface area contributed by atoms with Crippen LogP contribution in [-0.4, -0.2) is 13.4 Å². The van der Waals surface area contributed by atoms with E-state index in [-0.39, 0.29) is 11.6 Å². The van der Waals surface area contributed by atoms with Gasteiger partial charge in [-0.3, -0.25) is 0 Å². The first-order valence-corrected chi connectivity index (χ1v) is 10.1. The second-order valence-corrected chi connectivity index (χ2v) is 7.26. The molecule has 0 aromatic carbocycles. The van der Waals surface area contributed by atoms with Gasteiger partial charge >= 0.3 is 10.4 Å². The standard InChI is InChI=1S/C17H27NO4S/c1-2-3-4-5-6-7-8-9-10-11-12-15-13-14-18-17-16(15)21-23(19,20)22-17/h13-14H,2-12H2,1H3. The van der Waals surface area contributed by atoms with Crippen LogP contribution in [0, 0.1) is 0 Å². The van der Waals surface area contributed by atoms with Crippen LogP contribution >= 0.6 is 0 Å². The minimum atomic E-state index is -3.94. The van der Waals surface area contributed by atoms with E-state index < -0.39 is 10.4 Å². The molecule has 130 valence electrons. The van der Waals surface area contributed by atoms with E-state index in [1.54, 1.807) is 12.3 Å². The molecule has 23 heavy (non-hydrogen) atoms. The Kier molecular flexibility index (Phi) is 7.15. The van der Waals surface area contributed by atoms with Crippen molar-refractivity contribution < 1.29 is 16.8 Å². The third-order valence-corrected chi connectivity index (χ3v) is 4.85. The maximum atomic E-state index is 11.3. The minimum absolute atomic E-state index is 0.0644. The summed E-state index contributed by atoms with van der Waals surface area (Å²) in [6.45, 7) is 2.24. The SMILES string of the molecule is CCCCCCCCCCCCc1ccnc2c1OS(=O)(=O)O2. The number of aryl methyl sites for hydroxylation is 1. The third-order valence-electron chi connectivity index (χ3n) is 4.12. The Labute approximate surface area is 139 Å². The summed E-state index contributed by atoms with van der Waals surface area (Å²) < 4.78 is 32.1. The second kappa shape index (κ2) is 9.11. The van der Waals surface area contributed by atoms with Gasteiger partial charge in [0.1, 0.15) is 0 Å². The average Bonchev–Trinajstić information content (AvgIpc) is 2.84. The van der Waals surface area contributed by atoms with Crippen LogP contribution in [0.25, 0.3) is 0 Å². The molecule has 1 aliphatic rings. The zero-order chi connectivity index (χ0) is 16.5. The minimum Gasteiger partial charge on any atom is -0.347 e. The molecule has 0 saturated carbocycles. The first kappa shape index (κ1) is 18.0. The van der Waals surface area contributed by atoms with E-state index in [9.17, 15) is 8.42 Å². The summed E-state index contributed by atoms with van der Waals surface area (Å²) >= 11 is 0. The highest BCUT2D eigenvalue weighted by Gasteiger charge is 2.31. The summed E-state index contributed by atoms with van der Waals surface area (Å²) in [4.78, 5) is 3.89. The Bertz CT molecular complexity index is 586. The third kappa shape index (κ3) is 6.01. The molecule has 5 nitrogen and oxygen atoms in total. The maximum Gasteiger partial charge on any atom is 0.502 e. The quantitative estimate of drug-likeness (QED) is 0.552. The number of fused-ring (bicyclic) bond motifs is 1. The molecule has 2 rings (SSSR count). The van der Waals surface area contributed by atoms with Gasteiger partial charge in [-0.25, -0.2) is 4.98 Å². The van der Waals surface area contributed by atoms with Crippen LogP contribution in [0.1, 0.15) is 76.7 Å². The second-order valence-electron chi connectivity index (χ2n) is 6.11. The molecule has 0 radical (unpaired) electrons. The van der Waals surface area contributed by atoms with Crippen molar-refractivity contribution in [1.82, 2.24) is 4.98 Å². The Hall–Kier alpha value is -1.30. The Balaban J connectivity index is 1.60. The van der Waals surface area contributed by atoms with Crippen LogP contribution in [-0.2, 0) is 16.8 Å². The lowest BCUT2D eigenvalue weighted by molar-refractivity contribution is 0.433. The Morgan fingerprint density at radius 2 is 1.52 bits per heavy atom. The number of rotatable bonds is 11. The van der Waals surface area contributed by atoms with Crippen molar-refractivity contribution in [3.8, 4) is 11.6 Å². The van der Waals surface area contributed by atoms with Gasteiger partial charge in [0, 0.05) is 11.8 Å². The summed E-state index contributed by atoms with van der Waals surface area (Å²) in [5.74, 6) is 0.331. The van der Waals surface area contributed by atoms with E-state index in [1.807, 2.05) is 0 Å². The van der Waals surface area contributed by atoms with E-state index in [0.717, 1.165) is 24.8 Å². The molecule has 6 heteroatoms. The van der Waals surface area contributed by atoms with Crippen molar-refractivity contribution in [3.05, 3.63) is 17.8 Å². The molecule has 1 aromatic rings. The van der Waals surface area contributed by atoms with Crippen LogP contribution in [0.3, 0.4) is 0 Å². The average molecular weight is 341 g/mol. The van der Waals surface area contributed by atoms with E-state index in [4.69, 9.17) is 4.18 Å². The van der Waals surface area contributed by atoms with Gasteiger partial charge in [-0.2, -0.15) is 0 Å². The predicted molar refractivity (Wildman–Crippen MR) is 90.0 cm³/mol. The van der Waals surface area contributed by atoms with Gasteiger partial charge in [0.15, 0.2) is 0 Å². The van der Waals surface area contributed by atoms with Crippen LogP contribution in [0.4, 0.5) is 0 Å². The first-order chi connectivity index (χ1) is 11.1. The van der Waals surface area contributed by atoms with Crippen molar-refractivity contribution in [2.75, 3.05) is 0 Å². The molecular formula is C17H27NO4S. The molecule has 0 aliphatic carbocycles. The fourth-order valence-corrected chi connectivity index (χ4v) is 3.56. The Morgan fingerprint density at radius 1 is 0.913 bits per heavy atom. The maximum absolute atomic E-state index is 11.3. The highest BCUT2D eigenvalue weighted by Crippen LogP contribution is 2.37. The largest absolute Gasteiger partial charge is 0.502 e. The fourth-order valence-electron chi connectivity index (χ4n) is 2.83. The molecule has 0 saturated heterocycles. The zero-order valence-electron chi connectivity index (χ0n) is 13.9. The summed E-state index contributed by atoms with van der Waals surface area (Å²) in [5.41, 5.74) is 0.857. The van der Waals surface area contributed by atoms with Gasteiger partial charge in [-0.05, 0) is 18.9 Å². The van der Waals surface area contributed by atoms with Crippen LogP contribution in [0.15, 0.2) is 12.3 Å². The highest BCUT2D eigenvalue weighted by atomic mass is 32.3. The highest BCUT2D eigenvalue weighted by molar-refractivity contribution is 7.82. The molecule has 0 amide bonds. The van der Waals surface area contributed by atoms with Gasteiger partial charge in [-0.15, -0.1) is 8.42 Å². The van der Waals surface area contributed by atoms with E-state index in [1.165, 1.54) is 51.4 Å². The van der Waals surface area contributed by atoms with Crippen molar-refractivity contribution in [2.45, 2.75) is 77.6 Å². The lowest BCUT2D eigenvalue weighted by Gasteiger charge is -2.04. The summed E-state index contributed by atoms with van der Waals surface area (Å²) in [6, 6.07) is 1.80. The first-order valence-electron chi connectivity index (χ1n) is 8.74. The fraction of sp³-hybridized carbons (Fsp3) is 0.706. The van der Waals surface area contributed by atoms with E-state index in [0.29, 0.717) is 0 Å². The van der Waals surface area contributed by atoms with Gasteiger partial charge in [0.25, 0.3) is 5.88 Å². The van der Waals surface area contributed by atoms with Gasteiger partial charge in [0.05, 0.1) is 0 Å². The molecule has 1 aromatic heterocycles. The van der Waals surface area contributed by atoms with Gasteiger partial charge in [0.2, 0.25) is 5.75 Å². The normalized spacial score (nSPS) is 15.0. The van der Waals surface area contributed by atoms with Crippen molar-refractivity contribution in [3.63, 3.8) is 0 Å². The molecule has 0 unspecified atom stereocenters. The molecular weight excluding hydrogens is 314 g/mol. The topological polar surface area (TPSA) is 65.5 Å². The number of pyridine rings is 1. The molecule has 0 spiro atoms. The van der Waals surface area contributed by atoms with E-state index >= 15 is 0 Å². The lowest BCUT2D eigenvalue weighted by atomic mass is 10.0. The van der Waals surface area contributed by atoms with Crippen LogP contribution < -0.4 is 8.37 Å². The number of aromatic nitrogens is 1.